The van der Waals surface area contributed by atoms with Crippen molar-refractivity contribution in [2.75, 3.05) is 18.0 Å². The molecule has 3 heterocycles. The van der Waals surface area contributed by atoms with Crippen molar-refractivity contribution < 1.29 is 9.18 Å². The highest BCUT2D eigenvalue weighted by Crippen LogP contribution is 2.30. The van der Waals surface area contributed by atoms with E-state index < -0.39 is 5.82 Å². The van der Waals surface area contributed by atoms with Gasteiger partial charge in [-0.1, -0.05) is 0 Å². The van der Waals surface area contributed by atoms with Crippen LogP contribution in [0.3, 0.4) is 0 Å². The van der Waals surface area contributed by atoms with Crippen molar-refractivity contribution in [3.05, 3.63) is 36.2 Å². The van der Waals surface area contributed by atoms with E-state index >= 15 is 0 Å². The van der Waals surface area contributed by atoms with Crippen molar-refractivity contribution in [1.82, 2.24) is 20.1 Å². The second kappa shape index (κ2) is 6.46. The molecule has 1 saturated carbocycles. The average Bonchev–Trinajstić information content (AvgIpc) is 3.33. The van der Waals surface area contributed by atoms with Crippen LogP contribution in [0.15, 0.2) is 24.7 Å². The number of aromatic nitrogens is 3. The quantitative estimate of drug-likeness (QED) is 0.924. The number of piperidine rings is 1. The number of nitrogens with zero attached hydrogens (tertiary/aromatic N) is 4. The van der Waals surface area contributed by atoms with Crippen molar-refractivity contribution in [3.63, 3.8) is 0 Å². The topological polar surface area (TPSA) is 63.1 Å². The minimum Gasteiger partial charge on any atom is -0.368 e. The Labute approximate surface area is 146 Å². The van der Waals surface area contributed by atoms with Gasteiger partial charge in [0.25, 0.3) is 0 Å². The summed E-state index contributed by atoms with van der Waals surface area (Å²) in [6.07, 6.45) is 8.40. The van der Waals surface area contributed by atoms with Crippen LogP contribution in [-0.4, -0.2) is 39.8 Å². The van der Waals surface area contributed by atoms with E-state index in [1.54, 1.807) is 17.1 Å². The Hall–Kier alpha value is -2.44. The van der Waals surface area contributed by atoms with Crippen molar-refractivity contribution in [1.29, 1.82) is 0 Å². The van der Waals surface area contributed by atoms with E-state index in [0.717, 1.165) is 37.1 Å². The SMILES string of the molecule is Cc1ccn(-c2c(F)cncc2N2CCC(C(=O)NC3CC3)CC2)n1. The summed E-state index contributed by atoms with van der Waals surface area (Å²) in [5, 5.41) is 7.42. The van der Waals surface area contributed by atoms with Crippen LogP contribution >= 0.6 is 0 Å². The molecule has 0 aromatic carbocycles. The van der Waals surface area contributed by atoms with Gasteiger partial charge in [-0.2, -0.15) is 5.10 Å². The molecule has 2 aromatic rings. The largest absolute Gasteiger partial charge is 0.368 e. The maximum absolute atomic E-state index is 14.4. The Kier molecular flexibility index (Phi) is 4.15. The molecule has 0 radical (unpaired) electrons. The van der Waals surface area contributed by atoms with Crippen LogP contribution < -0.4 is 10.2 Å². The van der Waals surface area contributed by atoms with E-state index in [-0.39, 0.29) is 11.8 Å². The van der Waals surface area contributed by atoms with Crippen LogP contribution in [0.4, 0.5) is 10.1 Å². The molecular weight excluding hydrogens is 321 g/mol. The molecule has 7 heteroatoms. The standard InChI is InChI=1S/C18H22FN5O/c1-12-4-9-24(22-12)17-15(19)10-20-11-16(17)23-7-5-13(6-8-23)18(25)21-14-2-3-14/h4,9-11,13-14H,2-3,5-8H2,1H3,(H,21,25). The Bertz CT molecular complexity index is 778. The van der Waals surface area contributed by atoms with Gasteiger partial charge >= 0.3 is 0 Å². The van der Waals surface area contributed by atoms with Crippen LogP contribution in [-0.2, 0) is 4.79 Å². The highest BCUT2D eigenvalue weighted by Gasteiger charge is 2.31. The van der Waals surface area contributed by atoms with Crippen LogP contribution in [0.1, 0.15) is 31.4 Å². The molecule has 0 atom stereocenters. The number of anilines is 1. The first-order valence-corrected chi connectivity index (χ1v) is 8.83. The normalized spacial score (nSPS) is 18.4. The molecule has 2 aromatic heterocycles. The second-order valence-electron chi connectivity index (χ2n) is 6.93. The fourth-order valence-electron chi connectivity index (χ4n) is 3.35. The van der Waals surface area contributed by atoms with Crippen LogP contribution in [0.25, 0.3) is 5.69 Å². The maximum Gasteiger partial charge on any atom is 0.223 e. The molecule has 0 bridgehead atoms. The van der Waals surface area contributed by atoms with E-state index in [0.29, 0.717) is 24.8 Å². The van der Waals surface area contributed by atoms with Gasteiger partial charge in [-0.3, -0.25) is 9.78 Å². The molecule has 1 aliphatic carbocycles. The molecule has 1 N–H and O–H groups in total. The summed E-state index contributed by atoms with van der Waals surface area (Å²) in [5.74, 6) is -0.176. The van der Waals surface area contributed by atoms with Crippen LogP contribution in [0, 0.1) is 18.7 Å². The monoisotopic (exact) mass is 343 g/mol. The van der Waals surface area contributed by atoms with Crippen LogP contribution in [0.2, 0.25) is 0 Å². The number of carbonyl (C=O) groups is 1. The maximum atomic E-state index is 14.4. The number of aryl methyl sites for hydroxylation is 1. The molecule has 25 heavy (non-hydrogen) atoms. The van der Waals surface area contributed by atoms with Gasteiger partial charge in [0.15, 0.2) is 5.82 Å². The number of rotatable bonds is 4. The van der Waals surface area contributed by atoms with Gasteiger partial charge in [0.05, 0.1) is 23.8 Å². The number of hydrogen-bond acceptors (Lipinski definition) is 4. The first-order valence-electron chi connectivity index (χ1n) is 8.83. The number of nitrogens with one attached hydrogen (secondary N) is 1. The lowest BCUT2D eigenvalue weighted by Gasteiger charge is -2.33. The first kappa shape index (κ1) is 16.1. The summed E-state index contributed by atoms with van der Waals surface area (Å²) in [6.45, 7) is 3.29. The number of amides is 1. The molecule has 4 rings (SSSR count). The molecule has 1 saturated heterocycles. The fraction of sp³-hybridized carbons (Fsp3) is 0.500. The Balaban J connectivity index is 1.51. The van der Waals surface area contributed by atoms with Crippen molar-refractivity contribution >= 4 is 11.6 Å². The van der Waals surface area contributed by atoms with E-state index in [2.05, 4.69) is 20.3 Å². The number of halogens is 1. The van der Waals surface area contributed by atoms with E-state index in [1.807, 2.05) is 13.0 Å². The van der Waals surface area contributed by atoms with Gasteiger partial charge < -0.3 is 10.2 Å². The summed E-state index contributed by atoms with van der Waals surface area (Å²) in [4.78, 5) is 18.3. The number of hydrogen-bond donors (Lipinski definition) is 1. The summed E-state index contributed by atoms with van der Waals surface area (Å²) in [7, 11) is 0. The van der Waals surface area contributed by atoms with E-state index in [4.69, 9.17) is 0 Å². The van der Waals surface area contributed by atoms with Gasteiger partial charge in [-0.15, -0.1) is 0 Å². The molecule has 0 spiro atoms. The Morgan fingerprint density at radius 2 is 2.00 bits per heavy atom. The molecule has 0 unspecified atom stereocenters. The minimum absolute atomic E-state index is 0.0498. The lowest BCUT2D eigenvalue weighted by atomic mass is 9.95. The molecule has 2 aliphatic rings. The zero-order chi connectivity index (χ0) is 17.4. The third-order valence-electron chi connectivity index (χ3n) is 4.94. The zero-order valence-corrected chi connectivity index (χ0v) is 14.3. The second-order valence-corrected chi connectivity index (χ2v) is 6.93. The summed E-state index contributed by atoms with van der Waals surface area (Å²) in [6, 6.07) is 2.24. The van der Waals surface area contributed by atoms with Gasteiger partial charge in [-0.25, -0.2) is 9.07 Å². The lowest BCUT2D eigenvalue weighted by molar-refractivity contribution is -0.125. The molecular formula is C18H22FN5O. The van der Waals surface area contributed by atoms with Crippen molar-refractivity contribution in [2.24, 2.45) is 5.92 Å². The highest BCUT2D eigenvalue weighted by molar-refractivity contribution is 5.79. The number of pyridine rings is 1. The van der Waals surface area contributed by atoms with E-state index in [1.165, 1.54) is 6.20 Å². The smallest absolute Gasteiger partial charge is 0.223 e. The zero-order valence-electron chi connectivity index (χ0n) is 14.3. The summed E-state index contributed by atoms with van der Waals surface area (Å²) >= 11 is 0. The predicted octanol–water partition coefficient (Wildman–Crippen LogP) is 2.21. The average molecular weight is 343 g/mol. The third kappa shape index (κ3) is 3.36. The molecule has 132 valence electrons. The summed E-state index contributed by atoms with van der Waals surface area (Å²) in [5.41, 5.74) is 1.98. The highest BCUT2D eigenvalue weighted by atomic mass is 19.1. The predicted molar refractivity (Wildman–Crippen MR) is 92.2 cm³/mol. The van der Waals surface area contributed by atoms with Gasteiger partial charge in [0.1, 0.15) is 5.69 Å². The van der Waals surface area contributed by atoms with Gasteiger partial charge in [0.2, 0.25) is 5.91 Å². The van der Waals surface area contributed by atoms with Crippen LogP contribution in [0.5, 0.6) is 0 Å². The van der Waals surface area contributed by atoms with E-state index in [9.17, 15) is 9.18 Å². The fourth-order valence-corrected chi connectivity index (χ4v) is 3.35. The molecule has 1 aliphatic heterocycles. The summed E-state index contributed by atoms with van der Waals surface area (Å²) < 4.78 is 16.0. The molecule has 6 nitrogen and oxygen atoms in total. The molecule has 1 amide bonds. The third-order valence-corrected chi connectivity index (χ3v) is 4.94. The lowest BCUT2D eigenvalue weighted by Crippen LogP contribution is -2.41. The number of carbonyl (C=O) groups excluding carboxylic acids is 1. The van der Waals surface area contributed by atoms with Crippen molar-refractivity contribution in [2.45, 2.75) is 38.6 Å². The Morgan fingerprint density at radius 1 is 1.24 bits per heavy atom. The van der Waals surface area contributed by atoms with Gasteiger partial charge in [0, 0.05) is 31.2 Å². The molecule has 2 fully saturated rings. The van der Waals surface area contributed by atoms with Crippen molar-refractivity contribution in [3.8, 4) is 5.69 Å². The minimum atomic E-state index is -0.394. The van der Waals surface area contributed by atoms with Gasteiger partial charge in [-0.05, 0) is 38.7 Å². The Morgan fingerprint density at radius 3 is 2.64 bits per heavy atom. The first-order chi connectivity index (χ1) is 12.1.